The third-order valence-corrected chi connectivity index (χ3v) is 3.02. The number of aliphatic hydroxyl groups excluding tert-OH is 1. The number of methoxy groups -OCH3 is 1. The third-order valence-electron chi connectivity index (χ3n) is 2.44. The lowest BCUT2D eigenvalue weighted by molar-refractivity contribution is 0.0630. The largest absolute Gasteiger partial charge is 0.389 e. The fourth-order valence-electron chi connectivity index (χ4n) is 1.52. The van der Waals surface area contributed by atoms with E-state index in [4.69, 9.17) is 27.9 Å². The minimum atomic E-state index is -0.527. The molecule has 2 N–H and O–H groups in total. The summed E-state index contributed by atoms with van der Waals surface area (Å²) >= 11 is 12.0. The first-order valence-electron chi connectivity index (χ1n) is 5.40. The summed E-state index contributed by atoms with van der Waals surface area (Å²) in [4.78, 5) is 0. The Morgan fingerprint density at radius 1 is 1.41 bits per heavy atom. The molecule has 0 aliphatic rings. The molecule has 0 amide bonds. The Morgan fingerprint density at radius 2 is 2.12 bits per heavy atom. The monoisotopic (exact) mass is 277 g/mol. The minimum Gasteiger partial charge on any atom is -0.389 e. The van der Waals surface area contributed by atoms with Gasteiger partial charge in [-0.2, -0.15) is 0 Å². The van der Waals surface area contributed by atoms with Crippen LogP contribution in [0.25, 0.3) is 0 Å². The molecule has 0 saturated heterocycles. The van der Waals surface area contributed by atoms with E-state index in [2.05, 4.69) is 5.32 Å². The second-order valence-electron chi connectivity index (χ2n) is 3.90. The van der Waals surface area contributed by atoms with Crippen molar-refractivity contribution >= 4 is 23.2 Å². The van der Waals surface area contributed by atoms with Gasteiger partial charge in [-0.25, -0.2) is 0 Å². The van der Waals surface area contributed by atoms with Gasteiger partial charge in [0.05, 0.1) is 12.7 Å². The first kappa shape index (κ1) is 14.7. The van der Waals surface area contributed by atoms with Gasteiger partial charge >= 0.3 is 0 Å². The smallest absolute Gasteiger partial charge is 0.0897 e. The minimum absolute atomic E-state index is 0.0210. The molecule has 1 aromatic rings. The molecule has 0 aromatic heterocycles. The summed E-state index contributed by atoms with van der Waals surface area (Å²) in [6.45, 7) is 2.72. The van der Waals surface area contributed by atoms with Crippen LogP contribution in [0.3, 0.4) is 0 Å². The Labute approximate surface area is 112 Å². The van der Waals surface area contributed by atoms with Crippen molar-refractivity contribution in [1.82, 2.24) is 5.32 Å². The number of nitrogens with one attached hydrogen (secondary N) is 1. The molecule has 1 aromatic carbocycles. The fourth-order valence-corrected chi connectivity index (χ4v) is 1.98. The van der Waals surface area contributed by atoms with Gasteiger partial charge in [0.2, 0.25) is 0 Å². The molecule has 5 heteroatoms. The highest BCUT2D eigenvalue weighted by molar-refractivity contribution is 6.33. The van der Waals surface area contributed by atoms with Gasteiger partial charge < -0.3 is 15.2 Å². The van der Waals surface area contributed by atoms with Gasteiger partial charge in [-0.15, -0.1) is 0 Å². The number of rotatable bonds is 6. The number of ether oxygens (including phenoxy) is 1. The normalized spacial score (nSPS) is 14.6. The standard InChI is InChI=1S/C12H17Cl2NO2/c1-8(15-6-10(16)7-17-2)11-5-9(13)3-4-12(11)14/h3-5,8,10,15-16H,6-7H2,1-2H3. The summed E-state index contributed by atoms with van der Waals surface area (Å²) in [7, 11) is 1.56. The molecule has 2 atom stereocenters. The van der Waals surface area contributed by atoms with Crippen LogP contribution in [0.1, 0.15) is 18.5 Å². The number of aliphatic hydroxyl groups is 1. The second-order valence-corrected chi connectivity index (χ2v) is 4.75. The van der Waals surface area contributed by atoms with Crippen LogP contribution in [-0.2, 0) is 4.74 Å². The summed E-state index contributed by atoms with van der Waals surface area (Å²) in [6.07, 6.45) is -0.527. The fraction of sp³-hybridized carbons (Fsp3) is 0.500. The molecule has 0 spiro atoms. The van der Waals surface area contributed by atoms with Gasteiger partial charge in [-0.05, 0) is 30.7 Å². The van der Waals surface area contributed by atoms with Crippen molar-refractivity contribution in [1.29, 1.82) is 0 Å². The molecule has 3 nitrogen and oxygen atoms in total. The summed E-state index contributed by atoms with van der Waals surface area (Å²) in [6, 6.07) is 5.36. The zero-order valence-corrected chi connectivity index (χ0v) is 11.4. The first-order chi connectivity index (χ1) is 8.04. The Morgan fingerprint density at radius 3 is 2.76 bits per heavy atom. The van der Waals surface area contributed by atoms with Crippen LogP contribution in [0.4, 0.5) is 0 Å². The molecule has 17 heavy (non-hydrogen) atoms. The van der Waals surface area contributed by atoms with Crippen molar-refractivity contribution < 1.29 is 9.84 Å². The lowest BCUT2D eigenvalue weighted by Crippen LogP contribution is -2.31. The molecular formula is C12H17Cl2NO2. The van der Waals surface area contributed by atoms with Gasteiger partial charge in [0.15, 0.2) is 0 Å². The predicted octanol–water partition coefficient (Wildman–Crippen LogP) is 2.65. The van der Waals surface area contributed by atoms with Crippen molar-refractivity contribution in [2.45, 2.75) is 19.1 Å². The van der Waals surface area contributed by atoms with Crippen molar-refractivity contribution in [2.24, 2.45) is 0 Å². The number of halogens is 2. The quantitative estimate of drug-likeness (QED) is 0.840. The number of benzene rings is 1. The topological polar surface area (TPSA) is 41.5 Å². The van der Waals surface area contributed by atoms with Gasteiger partial charge in [-0.1, -0.05) is 23.2 Å². The molecule has 0 saturated carbocycles. The van der Waals surface area contributed by atoms with Gasteiger partial charge in [0, 0.05) is 29.7 Å². The van der Waals surface area contributed by atoms with E-state index < -0.39 is 6.10 Å². The second kappa shape index (κ2) is 7.19. The average Bonchev–Trinajstić information content (AvgIpc) is 2.29. The maximum absolute atomic E-state index is 9.52. The molecule has 96 valence electrons. The Kier molecular flexibility index (Phi) is 6.23. The van der Waals surface area contributed by atoms with E-state index >= 15 is 0 Å². The van der Waals surface area contributed by atoms with Crippen LogP contribution >= 0.6 is 23.2 Å². The lowest BCUT2D eigenvalue weighted by Gasteiger charge is -2.18. The Hall–Kier alpha value is -0.320. The van der Waals surface area contributed by atoms with Crippen LogP contribution in [0.5, 0.6) is 0 Å². The van der Waals surface area contributed by atoms with E-state index in [0.29, 0.717) is 23.2 Å². The van der Waals surface area contributed by atoms with Crippen LogP contribution in [0, 0.1) is 0 Å². The van der Waals surface area contributed by atoms with Crippen molar-refractivity contribution in [3.8, 4) is 0 Å². The van der Waals surface area contributed by atoms with Gasteiger partial charge in [0.1, 0.15) is 0 Å². The highest BCUT2D eigenvalue weighted by Gasteiger charge is 2.11. The highest BCUT2D eigenvalue weighted by atomic mass is 35.5. The van der Waals surface area contributed by atoms with E-state index in [1.807, 2.05) is 13.0 Å². The third kappa shape index (κ3) is 4.82. The first-order valence-corrected chi connectivity index (χ1v) is 6.15. The molecule has 0 radical (unpaired) electrons. The zero-order chi connectivity index (χ0) is 12.8. The van der Waals surface area contributed by atoms with E-state index in [0.717, 1.165) is 5.56 Å². The maximum Gasteiger partial charge on any atom is 0.0897 e. The summed E-state index contributed by atoms with van der Waals surface area (Å²) in [5.74, 6) is 0. The molecule has 0 aliphatic carbocycles. The van der Waals surface area contributed by atoms with Crippen LogP contribution in [-0.4, -0.2) is 31.5 Å². The van der Waals surface area contributed by atoms with E-state index in [9.17, 15) is 5.11 Å². The highest BCUT2D eigenvalue weighted by Crippen LogP contribution is 2.25. The molecule has 0 aliphatic heterocycles. The van der Waals surface area contributed by atoms with Crippen molar-refractivity contribution in [2.75, 3.05) is 20.3 Å². The van der Waals surface area contributed by atoms with Gasteiger partial charge in [-0.3, -0.25) is 0 Å². The molecule has 1 rings (SSSR count). The van der Waals surface area contributed by atoms with Crippen LogP contribution in [0.15, 0.2) is 18.2 Å². The Bertz CT molecular complexity index is 360. The molecule has 2 unspecified atom stereocenters. The Balaban J connectivity index is 2.57. The summed E-state index contributed by atoms with van der Waals surface area (Å²) < 4.78 is 4.85. The van der Waals surface area contributed by atoms with E-state index in [-0.39, 0.29) is 6.04 Å². The average molecular weight is 278 g/mol. The van der Waals surface area contributed by atoms with Crippen LogP contribution < -0.4 is 5.32 Å². The SMILES string of the molecule is COCC(O)CNC(C)c1cc(Cl)ccc1Cl. The lowest BCUT2D eigenvalue weighted by atomic mass is 10.1. The van der Waals surface area contributed by atoms with Crippen molar-refractivity contribution in [3.05, 3.63) is 33.8 Å². The van der Waals surface area contributed by atoms with Gasteiger partial charge in [0.25, 0.3) is 0 Å². The predicted molar refractivity (Wildman–Crippen MR) is 70.8 cm³/mol. The summed E-state index contributed by atoms with van der Waals surface area (Å²) in [5.41, 5.74) is 0.920. The zero-order valence-electron chi connectivity index (χ0n) is 9.91. The number of hydrogen-bond donors (Lipinski definition) is 2. The number of hydrogen-bond acceptors (Lipinski definition) is 3. The van der Waals surface area contributed by atoms with E-state index in [1.54, 1.807) is 19.2 Å². The van der Waals surface area contributed by atoms with Crippen LogP contribution in [0.2, 0.25) is 10.0 Å². The molecule has 0 bridgehead atoms. The molecule has 0 fully saturated rings. The molecular weight excluding hydrogens is 261 g/mol. The van der Waals surface area contributed by atoms with E-state index in [1.165, 1.54) is 0 Å². The summed E-state index contributed by atoms with van der Waals surface area (Å²) in [5, 5.41) is 14.0. The van der Waals surface area contributed by atoms with Crippen molar-refractivity contribution in [3.63, 3.8) is 0 Å². The maximum atomic E-state index is 9.52. The molecule has 0 heterocycles.